The molecule has 116 valence electrons. The topological polar surface area (TPSA) is 64.6 Å². The zero-order valence-corrected chi connectivity index (χ0v) is 13.3. The van der Waals surface area contributed by atoms with Crippen molar-refractivity contribution in [1.29, 1.82) is 0 Å². The van der Waals surface area contributed by atoms with Crippen molar-refractivity contribution in [3.63, 3.8) is 0 Å². The Morgan fingerprint density at radius 2 is 1.84 bits per heavy atom. The molecule has 1 atom stereocenters. The summed E-state index contributed by atoms with van der Waals surface area (Å²) in [5.74, 6) is 0.523. The van der Waals surface area contributed by atoms with Crippen molar-refractivity contribution in [1.82, 2.24) is 5.32 Å². The van der Waals surface area contributed by atoms with Crippen LogP contribution in [0.3, 0.4) is 0 Å². The average Bonchev–Trinajstić information content (AvgIpc) is 2.38. The molecule has 0 aromatic rings. The van der Waals surface area contributed by atoms with Gasteiger partial charge in [-0.15, -0.1) is 0 Å². The number of hydrogen-bond donors (Lipinski definition) is 1. The summed E-state index contributed by atoms with van der Waals surface area (Å²) in [5, 5.41) is 3.37. The van der Waals surface area contributed by atoms with Crippen LogP contribution in [-0.4, -0.2) is 59.4 Å². The molecule has 6 heteroatoms. The van der Waals surface area contributed by atoms with E-state index in [1.807, 2.05) is 0 Å². The molecule has 0 aromatic carbocycles. The summed E-state index contributed by atoms with van der Waals surface area (Å²) in [6.45, 7) is 6.55. The molecular formula is C13H29NO4S. The van der Waals surface area contributed by atoms with Gasteiger partial charge in [-0.3, -0.25) is 0 Å². The molecule has 0 saturated heterocycles. The first-order valence-corrected chi connectivity index (χ1v) is 8.88. The summed E-state index contributed by atoms with van der Waals surface area (Å²) in [6.07, 6.45) is 2.50. The van der Waals surface area contributed by atoms with Crippen LogP contribution < -0.4 is 5.32 Å². The SMILES string of the molecule is CCNC(CCCS(=O)(=O)CC)CCOCCOC. The first-order chi connectivity index (χ1) is 9.05. The molecule has 0 aliphatic rings. The van der Waals surface area contributed by atoms with Crippen LogP contribution in [0.1, 0.15) is 33.1 Å². The lowest BCUT2D eigenvalue weighted by atomic mass is 10.1. The summed E-state index contributed by atoms with van der Waals surface area (Å²) in [6, 6.07) is 0.333. The quantitative estimate of drug-likeness (QED) is 0.518. The third-order valence-electron chi connectivity index (χ3n) is 2.98. The van der Waals surface area contributed by atoms with E-state index in [1.54, 1.807) is 14.0 Å². The molecule has 0 spiro atoms. The standard InChI is InChI=1S/C13H29NO4S/c1-4-14-13(8-9-18-11-10-17-3)7-6-12-19(15,16)5-2/h13-14H,4-12H2,1-3H3. The fraction of sp³-hybridized carbons (Fsp3) is 1.00. The van der Waals surface area contributed by atoms with Crippen LogP contribution >= 0.6 is 0 Å². The van der Waals surface area contributed by atoms with Gasteiger partial charge in [0.25, 0.3) is 0 Å². The Hall–Kier alpha value is -0.170. The van der Waals surface area contributed by atoms with Crippen LogP contribution in [0, 0.1) is 0 Å². The van der Waals surface area contributed by atoms with Gasteiger partial charge in [0.15, 0.2) is 0 Å². The minimum atomic E-state index is -2.84. The Morgan fingerprint density at radius 1 is 1.11 bits per heavy atom. The molecule has 0 fully saturated rings. The minimum absolute atomic E-state index is 0.235. The molecule has 1 unspecified atom stereocenters. The molecule has 0 rings (SSSR count). The highest BCUT2D eigenvalue weighted by Gasteiger charge is 2.11. The lowest BCUT2D eigenvalue weighted by molar-refractivity contribution is 0.0655. The van der Waals surface area contributed by atoms with Gasteiger partial charge in [0.1, 0.15) is 9.84 Å². The van der Waals surface area contributed by atoms with E-state index in [2.05, 4.69) is 12.2 Å². The second-order valence-electron chi connectivity index (χ2n) is 4.53. The van der Waals surface area contributed by atoms with Gasteiger partial charge in [-0.25, -0.2) is 8.42 Å². The molecule has 0 heterocycles. The van der Waals surface area contributed by atoms with Crippen LogP contribution in [0.2, 0.25) is 0 Å². The molecule has 0 bridgehead atoms. The van der Waals surface area contributed by atoms with E-state index >= 15 is 0 Å². The van der Waals surface area contributed by atoms with E-state index < -0.39 is 9.84 Å². The van der Waals surface area contributed by atoms with Crippen molar-refractivity contribution in [2.24, 2.45) is 0 Å². The van der Waals surface area contributed by atoms with Crippen LogP contribution in [0.4, 0.5) is 0 Å². The fourth-order valence-electron chi connectivity index (χ4n) is 1.80. The molecule has 0 saturated carbocycles. The van der Waals surface area contributed by atoms with E-state index in [1.165, 1.54) is 0 Å². The Labute approximate surface area is 118 Å². The smallest absolute Gasteiger partial charge is 0.150 e. The van der Waals surface area contributed by atoms with E-state index in [9.17, 15) is 8.42 Å². The van der Waals surface area contributed by atoms with E-state index in [-0.39, 0.29) is 11.5 Å². The predicted octanol–water partition coefficient (Wildman–Crippen LogP) is 1.23. The van der Waals surface area contributed by atoms with E-state index in [4.69, 9.17) is 9.47 Å². The van der Waals surface area contributed by atoms with Gasteiger partial charge >= 0.3 is 0 Å². The zero-order chi connectivity index (χ0) is 14.6. The molecule has 0 radical (unpaired) electrons. The second kappa shape index (κ2) is 11.6. The lowest BCUT2D eigenvalue weighted by Crippen LogP contribution is -2.31. The highest BCUT2D eigenvalue weighted by Crippen LogP contribution is 2.05. The summed E-state index contributed by atoms with van der Waals surface area (Å²) in [5.41, 5.74) is 0. The molecule has 5 nitrogen and oxygen atoms in total. The number of sulfone groups is 1. The van der Waals surface area contributed by atoms with Gasteiger partial charge in [-0.05, 0) is 25.8 Å². The number of methoxy groups -OCH3 is 1. The highest BCUT2D eigenvalue weighted by atomic mass is 32.2. The molecule has 0 aliphatic carbocycles. The summed E-state index contributed by atoms with van der Waals surface area (Å²) < 4.78 is 33.2. The Balaban J connectivity index is 3.79. The lowest BCUT2D eigenvalue weighted by Gasteiger charge is -2.17. The first-order valence-electron chi connectivity index (χ1n) is 7.06. The molecule has 19 heavy (non-hydrogen) atoms. The maximum Gasteiger partial charge on any atom is 0.150 e. The Kier molecular flexibility index (Phi) is 11.5. The van der Waals surface area contributed by atoms with Crippen LogP contribution in [0.5, 0.6) is 0 Å². The average molecular weight is 295 g/mol. The van der Waals surface area contributed by atoms with Gasteiger partial charge in [0.05, 0.1) is 19.0 Å². The van der Waals surface area contributed by atoms with Crippen LogP contribution in [-0.2, 0) is 19.3 Å². The Morgan fingerprint density at radius 3 is 2.42 bits per heavy atom. The van der Waals surface area contributed by atoms with E-state index in [0.717, 1.165) is 19.4 Å². The van der Waals surface area contributed by atoms with Crippen molar-refractivity contribution in [3.05, 3.63) is 0 Å². The summed E-state index contributed by atoms with van der Waals surface area (Å²) >= 11 is 0. The maximum atomic E-state index is 11.4. The largest absolute Gasteiger partial charge is 0.382 e. The number of ether oxygens (including phenoxy) is 2. The number of rotatable bonds is 13. The Bertz CT molecular complexity index is 293. The maximum absolute atomic E-state index is 11.4. The van der Waals surface area contributed by atoms with Crippen LogP contribution in [0.25, 0.3) is 0 Å². The monoisotopic (exact) mass is 295 g/mol. The third-order valence-corrected chi connectivity index (χ3v) is 4.77. The summed E-state index contributed by atoms with van der Waals surface area (Å²) in [4.78, 5) is 0. The third kappa shape index (κ3) is 11.4. The van der Waals surface area contributed by atoms with Gasteiger partial charge < -0.3 is 14.8 Å². The molecule has 0 amide bonds. The first kappa shape index (κ1) is 18.8. The second-order valence-corrected chi connectivity index (χ2v) is 7.00. The van der Waals surface area contributed by atoms with E-state index in [0.29, 0.717) is 32.3 Å². The van der Waals surface area contributed by atoms with Gasteiger partial charge in [-0.2, -0.15) is 0 Å². The van der Waals surface area contributed by atoms with Crippen LogP contribution in [0.15, 0.2) is 0 Å². The molecular weight excluding hydrogens is 266 g/mol. The van der Waals surface area contributed by atoms with Crippen molar-refractivity contribution in [2.45, 2.75) is 39.2 Å². The van der Waals surface area contributed by atoms with Gasteiger partial charge in [0.2, 0.25) is 0 Å². The number of hydrogen-bond acceptors (Lipinski definition) is 5. The van der Waals surface area contributed by atoms with Crippen molar-refractivity contribution >= 4 is 9.84 Å². The normalized spacial score (nSPS) is 13.6. The summed E-state index contributed by atoms with van der Waals surface area (Å²) in [7, 11) is -1.19. The van der Waals surface area contributed by atoms with Crippen molar-refractivity contribution < 1.29 is 17.9 Å². The predicted molar refractivity (Wildman–Crippen MR) is 78.3 cm³/mol. The minimum Gasteiger partial charge on any atom is -0.382 e. The van der Waals surface area contributed by atoms with Crippen molar-refractivity contribution in [3.8, 4) is 0 Å². The number of nitrogens with one attached hydrogen (secondary N) is 1. The molecule has 0 aromatic heterocycles. The molecule has 1 N–H and O–H groups in total. The zero-order valence-electron chi connectivity index (χ0n) is 12.5. The highest BCUT2D eigenvalue weighted by molar-refractivity contribution is 7.91. The van der Waals surface area contributed by atoms with Crippen molar-refractivity contribution in [2.75, 3.05) is 45.0 Å². The fourth-order valence-corrected chi connectivity index (χ4v) is 2.70. The van der Waals surface area contributed by atoms with Gasteiger partial charge in [-0.1, -0.05) is 13.8 Å². The van der Waals surface area contributed by atoms with Gasteiger partial charge in [0, 0.05) is 25.5 Å². The molecule has 0 aliphatic heterocycles.